The monoisotopic (exact) mass is 497 g/mol. The molecule has 0 rings (SSSR count). The summed E-state index contributed by atoms with van der Waals surface area (Å²) in [6, 6.07) is 0. The van der Waals surface area contributed by atoms with E-state index >= 15 is 0 Å². The molecule has 0 bridgehead atoms. The number of ether oxygens (including phenoxy) is 1. The molecule has 156 valence electrons. The Morgan fingerprint density at radius 2 is 1.38 bits per heavy atom. The van der Waals surface area contributed by atoms with Gasteiger partial charge in [0.15, 0.2) is 0 Å². The molecule has 26 heavy (non-hydrogen) atoms. The molecule has 3 nitrogen and oxygen atoms in total. The second-order valence-corrected chi connectivity index (χ2v) is 22.9. The van der Waals surface area contributed by atoms with Gasteiger partial charge in [0.1, 0.15) is 0 Å². The van der Waals surface area contributed by atoms with Crippen LogP contribution in [0.5, 0.6) is 0 Å². The number of halogens is 1. The van der Waals surface area contributed by atoms with Crippen LogP contribution in [0.2, 0.25) is 13.3 Å². The van der Waals surface area contributed by atoms with Crippen molar-refractivity contribution < 1.29 is 9.53 Å². The summed E-state index contributed by atoms with van der Waals surface area (Å²) in [5, 5.41) is 0. The first-order chi connectivity index (χ1) is 12.2. The zero-order valence-electron chi connectivity index (χ0n) is 18.3. The third kappa shape index (κ3) is 11.9. The van der Waals surface area contributed by atoms with Crippen molar-refractivity contribution in [2.75, 3.05) is 17.0 Å². The van der Waals surface area contributed by atoms with Gasteiger partial charge in [0.05, 0.1) is 0 Å². The molecule has 0 unspecified atom stereocenters. The van der Waals surface area contributed by atoms with Gasteiger partial charge in [-0.1, -0.05) is 0 Å². The molecule has 0 aromatic carbocycles. The minimum atomic E-state index is -2.42. The van der Waals surface area contributed by atoms with Gasteiger partial charge in [-0.15, -0.1) is 0 Å². The van der Waals surface area contributed by atoms with E-state index in [9.17, 15) is 4.79 Å². The fourth-order valence-electron chi connectivity index (χ4n) is 3.48. The van der Waals surface area contributed by atoms with Crippen molar-refractivity contribution in [3.05, 3.63) is 0 Å². The van der Waals surface area contributed by atoms with Crippen LogP contribution in [-0.4, -0.2) is 52.0 Å². The number of hydrogen-bond donors (Lipinski definition) is 0. The van der Waals surface area contributed by atoms with E-state index in [0.717, 1.165) is 17.5 Å². The fourth-order valence-corrected chi connectivity index (χ4v) is 19.7. The number of hydrogen-bond acceptors (Lipinski definition) is 2. The van der Waals surface area contributed by atoms with Gasteiger partial charge >= 0.3 is 173 Å². The predicted molar refractivity (Wildman–Crippen MR) is 118 cm³/mol. The molecule has 0 atom stereocenters. The van der Waals surface area contributed by atoms with Crippen LogP contribution in [-0.2, 0) is 4.74 Å². The van der Waals surface area contributed by atoms with Crippen LogP contribution in [0, 0.1) is 0 Å². The topological polar surface area (TPSA) is 29.5 Å². The molecule has 0 radical (unpaired) electrons. The molecule has 0 saturated carbocycles. The van der Waals surface area contributed by atoms with Gasteiger partial charge in [0.25, 0.3) is 0 Å². The summed E-state index contributed by atoms with van der Waals surface area (Å²) in [6.07, 6.45) is 8.44. The Morgan fingerprint density at radius 1 is 0.923 bits per heavy atom. The maximum absolute atomic E-state index is 12.9. The summed E-state index contributed by atoms with van der Waals surface area (Å²) in [5.74, 6) is 0.598. The van der Waals surface area contributed by atoms with Gasteiger partial charge in [-0.25, -0.2) is 0 Å². The van der Waals surface area contributed by atoms with Crippen molar-refractivity contribution in [3.8, 4) is 0 Å². The Bertz CT molecular complexity index is 350. The molecule has 0 heterocycles. The first kappa shape index (κ1) is 26.4. The predicted octanol–water partition coefficient (Wildman–Crippen LogP) is 7.24. The quantitative estimate of drug-likeness (QED) is 0.187. The normalized spacial score (nSPS) is 12.3. The molecule has 0 fully saturated rings. The summed E-state index contributed by atoms with van der Waals surface area (Å²) in [5.41, 5.74) is -0.440. The van der Waals surface area contributed by atoms with Crippen molar-refractivity contribution in [2.45, 2.75) is 105 Å². The molecule has 1 amide bonds. The third-order valence-corrected chi connectivity index (χ3v) is 20.3. The molecular formula is C21H44ClNO2Sn. The van der Waals surface area contributed by atoms with Crippen LogP contribution >= 0.6 is 11.6 Å². The molecular weight excluding hydrogens is 452 g/mol. The molecule has 0 aliphatic rings. The number of nitrogens with zero attached hydrogens (tertiary/aromatic N) is 1. The molecule has 5 heteroatoms. The van der Waals surface area contributed by atoms with E-state index in [4.69, 9.17) is 16.3 Å². The fraction of sp³-hybridized carbons (Fsp3) is 0.952. The Kier molecular flexibility index (Phi) is 14.6. The number of rotatable bonds is 14. The Labute approximate surface area is 172 Å². The van der Waals surface area contributed by atoms with E-state index in [2.05, 4.69) is 20.8 Å². The summed E-state index contributed by atoms with van der Waals surface area (Å²) in [6.45, 7) is 13.5. The Hall–Kier alpha value is 0.359. The average molecular weight is 497 g/mol. The first-order valence-corrected chi connectivity index (χ1v) is 19.4. The van der Waals surface area contributed by atoms with Crippen LogP contribution in [0.4, 0.5) is 4.79 Å². The zero-order chi connectivity index (χ0) is 20.1. The summed E-state index contributed by atoms with van der Waals surface area (Å²) in [4.78, 5) is 14.9. The van der Waals surface area contributed by atoms with E-state index in [1.54, 1.807) is 0 Å². The van der Waals surface area contributed by atoms with E-state index in [1.807, 2.05) is 25.7 Å². The second kappa shape index (κ2) is 14.4. The van der Waals surface area contributed by atoms with Crippen molar-refractivity contribution in [1.82, 2.24) is 4.90 Å². The van der Waals surface area contributed by atoms with Crippen LogP contribution in [0.3, 0.4) is 0 Å². The molecule has 0 aliphatic heterocycles. The van der Waals surface area contributed by atoms with Crippen LogP contribution < -0.4 is 0 Å². The first-order valence-electron chi connectivity index (χ1n) is 10.8. The van der Waals surface area contributed by atoms with Crippen molar-refractivity contribution in [3.63, 3.8) is 0 Å². The van der Waals surface area contributed by atoms with E-state index in [0.29, 0.717) is 5.88 Å². The van der Waals surface area contributed by atoms with Crippen molar-refractivity contribution in [2.24, 2.45) is 0 Å². The minimum absolute atomic E-state index is 0.131. The molecule has 0 spiro atoms. The summed E-state index contributed by atoms with van der Waals surface area (Å²) < 4.78 is 11.0. The Morgan fingerprint density at radius 3 is 1.73 bits per heavy atom. The SMILES string of the molecule is CCC[CH2][Sn]([CH2]CCC)([CH2]CCC)[CH2]N(CCCCl)C(=O)OC(C)(C)C. The maximum atomic E-state index is 12.9. The number of alkyl halides is 1. The van der Waals surface area contributed by atoms with E-state index in [1.165, 1.54) is 51.8 Å². The van der Waals surface area contributed by atoms with Crippen LogP contribution in [0.15, 0.2) is 0 Å². The number of carbonyl (C=O) groups excluding carboxylic acids is 1. The van der Waals surface area contributed by atoms with Gasteiger partial charge < -0.3 is 0 Å². The number of amides is 1. The molecule has 0 N–H and O–H groups in total. The van der Waals surface area contributed by atoms with Gasteiger partial charge in [-0.3, -0.25) is 0 Å². The standard InChI is InChI=1S/C9H17ClNO2.3C4H9.Sn/c1-9(2,3)13-8(12)11(4)7-5-6-10;3*1-3-4-2;/h4-7H2,1-3H3;3*1,3-4H2,2H3;. The van der Waals surface area contributed by atoms with Gasteiger partial charge in [0, 0.05) is 0 Å². The summed E-state index contributed by atoms with van der Waals surface area (Å²) in [7, 11) is 0. The molecule has 0 aromatic heterocycles. The van der Waals surface area contributed by atoms with E-state index < -0.39 is 24.0 Å². The van der Waals surface area contributed by atoms with Gasteiger partial charge in [-0.05, 0) is 0 Å². The average Bonchev–Trinajstić information content (AvgIpc) is 2.57. The zero-order valence-corrected chi connectivity index (χ0v) is 21.9. The van der Waals surface area contributed by atoms with Crippen molar-refractivity contribution in [1.29, 1.82) is 0 Å². The molecule has 0 aliphatic carbocycles. The Balaban J connectivity index is 5.40. The van der Waals surface area contributed by atoms with Crippen LogP contribution in [0.25, 0.3) is 0 Å². The molecule has 0 saturated heterocycles. The van der Waals surface area contributed by atoms with Gasteiger partial charge in [0.2, 0.25) is 0 Å². The van der Waals surface area contributed by atoms with Gasteiger partial charge in [-0.2, -0.15) is 0 Å². The third-order valence-electron chi connectivity index (χ3n) is 4.92. The van der Waals surface area contributed by atoms with Crippen LogP contribution in [0.1, 0.15) is 86.5 Å². The molecule has 0 aromatic rings. The van der Waals surface area contributed by atoms with E-state index in [-0.39, 0.29) is 6.09 Å². The van der Waals surface area contributed by atoms with Crippen molar-refractivity contribution >= 4 is 36.1 Å². The number of carbonyl (C=O) groups is 1. The second-order valence-electron chi connectivity index (χ2n) is 8.76. The number of unbranched alkanes of at least 4 members (excludes halogenated alkanes) is 3. The summed E-state index contributed by atoms with van der Waals surface area (Å²) >= 11 is 3.52.